The van der Waals surface area contributed by atoms with Gasteiger partial charge in [0.25, 0.3) is 0 Å². The second kappa shape index (κ2) is 58.5. The number of unbranched alkanes of at least 4 members (excludes halogenated alkanes) is 51. The average molecular weight is 1140 g/mol. The average Bonchev–Trinajstić information content (AvgIpc) is 3.47. The number of nitrogens with one attached hydrogen (secondary N) is 1. The molecule has 9 atom stereocenters. The Morgan fingerprint density at radius 1 is 0.388 bits per heavy atom. The summed E-state index contributed by atoms with van der Waals surface area (Å²) in [6, 6.07) is -1.16. The molecule has 1 rings (SSSR count). The third-order valence-electron chi connectivity index (χ3n) is 17.7. The van der Waals surface area contributed by atoms with E-state index in [1.807, 2.05) is 0 Å². The molecule has 0 spiro atoms. The normalized spacial score (nSPS) is 19.1. The van der Waals surface area contributed by atoms with Crippen LogP contribution in [0.2, 0.25) is 0 Å². The van der Waals surface area contributed by atoms with Gasteiger partial charge in [-0.1, -0.05) is 354 Å². The highest BCUT2D eigenvalue weighted by molar-refractivity contribution is 5.80. The van der Waals surface area contributed by atoms with Crippen LogP contribution in [0.25, 0.3) is 0 Å². The van der Waals surface area contributed by atoms with Crippen molar-refractivity contribution in [2.24, 2.45) is 0 Å². The molecule has 1 amide bonds. The van der Waals surface area contributed by atoms with Gasteiger partial charge < -0.3 is 50.5 Å². The second-order valence-corrected chi connectivity index (χ2v) is 25.3. The van der Waals surface area contributed by atoms with Gasteiger partial charge in [0.2, 0.25) is 5.91 Å². The number of amides is 1. The van der Waals surface area contributed by atoms with Gasteiger partial charge in [0.05, 0.1) is 25.4 Å². The van der Waals surface area contributed by atoms with E-state index in [-0.39, 0.29) is 6.42 Å². The highest BCUT2D eigenvalue weighted by Crippen LogP contribution is 2.24. The largest absolute Gasteiger partial charge is 0.394 e. The minimum atomic E-state index is -1.66. The zero-order valence-electron chi connectivity index (χ0n) is 52.9. The van der Waals surface area contributed by atoms with Gasteiger partial charge in [-0.15, -0.1) is 0 Å². The first-order chi connectivity index (χ1) is 39.2. The number of aliphatic hydroxyl groups excluding tert-OH is 7. The van der Waals surface area contributed by atoms with Gasteiger partial charge in [0.1, 0.15) is 36.6 Å². The minimum absolute atomic E-state index is 0.268. The summed E-state index contributed by atoms with van der Waals surface area (Å²) in [6.07, 6.45) is 59.0. The van der Waals surface area contributed by atoms with Gasteiger partial charge >= 0.3 is 0 Å². The fourth-order valence-corrected chi connectivity index (χ4v) is 12.0. The van der Waals surface area contributed by atoms with Gasteiger partial charge in [-0.05, 0) is 12.8 Å². The Labute approximate surface area is 494 Å². The van der Waals surface area contributed by atoms with Crippen molar-refractivity contribution in [3.63, 3.8) is 0 Å². The molecule has 11 nitrogen and oxygen atoms in total. The fourth-order valence-electron chi connectivity index (χ4n) is 12.0. The van der Waals surface area contributed by atoms with Crippen molar-refractivity contribution in [1.82, 2.24) is 5.32 Å². The molecule has 80 heavy (non-hydrogen) atoms. The highest BCUT2D eigenvalue weighted by Gasteiger charge is 2.44. The summed E-state index contributed by atoms with van der Waals surface area (Å²) >= 11 is 0. The predicted molar refractivity (Wildman–Crippen MR) is 335 cm³/mol. The van der Waals surface area contributed by atoms with Crippen LogP contribution in [0.5, 0.6) is 0 Å². The first-order valence-electron chi connectivity index (χ1n) is 35.4. The van der Waals surface area contributed by atoms with Gasteiger partial charge in [0, 0.05) is 0 Å². The highest BCUT2D eigenvalue weighted by atomic mass is 16.7. The van der Waals surface area contributed by atoms with Crippen LogP contribution in [-0.4, -0.2) is 110 Å². The molecule has 478 valence electrons. The van der Waals surface area contributed by atoms with Crippen LogP contribution >= 0.6 is 0 Å². The lowest BCUT2D eigenvalue weighted by Gasteiger charge is -2.40. The Kier molecular flexibility index (Phi) is 56.4. The maximum absolute atomic E-state index is 13.3. The summed E-state index contributed by atoms with van der Waals surface area (Å²) in [4.78, 5) is 13.3. The van der Waals surface area contributed by atoms with Crippen LogP contribution in [0.4, 0.5) is 0 Å². The topological polar surface area (TPSA) is 189 Å². The van der Waals surface area contributed by atoms with Crippen LogP contribution < -0.4 is 5.32 Å². The molecule has 0 saturated carbocycles. The fraction of sp³-hybridized carbons (Fsp3) is 0.986. The Morgan fingerprint density at radius 3 is 0.925 bits per heavy atom. The van der Waals surface area contributed by atoms with Gasteiger partial charge in [-0.2, -0.15) is 0 Å². The van der Waals surface area contributed by atoms with E-state index in [0.717, 1.165) is 38.5 Å². The first kappa shape index (κ1) is 77.1. The number of rotatable bonds is 63. The third-order valence-corrected chi connectivity index (χ3v) is 17.7. The molecular weight excluding hydrogens is 1000 g/mol. The predicted octanol–water partition coefficient (Wildman–Crippen LogP) is 16.9. The summed E-state index contributed by atoms with van der Waals surface area (Å²) in [6.45, 7) is 3.53. The lowest BCUT2D eigenvalue weighted by molar-refractivity contribution is -0.303. The van der Waals surface area contributed by atoms with Gasteiger partial charge in [-0.25, -0.2) is 0 Å². The number of hydrogen-bond donors (Lipinski definition) is 8. The van der Waals surface area contributed by atoms with Crippen molar-refractivity contribution in [2.45, 2.75) is 422 Å². The molecule has 0 aromatic carbocycles. The van der Waals surface area contributed by atoms with Crippen LogP contribution in [0.3, 0.4) is 0 Å². The van der Waals surface area contributed by atoms with E-state index in [4.69, 9.17) is 9.47 Å². The monoisotopic (exact) mass is 1140 g/mol. The molecular formula is C69H137NO10. The van der Waals surface area contributed by atoms with Crippen LogP contribution in [-0.2, 0) is 14.3 Å². The Bertz CT molecular complexity index is 1260. The van der Waals surface area contributed by atoms with Gasteiger partial charge in [0.15, 0.2) is 6.29 Å². The van der Waals surface area contributed by atoms with Crippen molar-refractivity contribution < 1.29 is 50.0 Å². The molecule has 1 aliphatic rings. The Hall–Kier alpha value is -0.890. The summed E-state index contributed by atoms with van der Waals surface area (Å²) in [5.74, 6) is -0.686. The smallest absolute Gasteiger partial charge is 0.249 e. The number of aliphatic hydroxyl groups is 7. The van der Waals surface area contributed by atoms with Crippen molar-refractivity contribution in [1.29, 1.82) is 0 Å². The summed E-state index contributed by atoms with van der Waals surface area (Å²) < 4.78 is 11.2. The SMILES string of the molecule is CCCCCCCCCCCCCCCCCCCCCCCCCCCCCCCC(O)C(=O)NC(COC1OC(CO)C(O)C(O)C1O)C(O)C(O)CCCCCCCCCCCCCCCCCCCCCCCCCC. The number of ether oxygens (including phenoxy) is 2. The molecule has 1 heterocycles. The quantitative estimate of drug-likeness (QED) is 0.0272. The molecule has 0 aliphatic carbocycles. The molecule has 1 fully saturated rings. The van der Waals surface area contributed by atoms with E-state index in [1.54, 1.807) is 0 Å². The molecule has 0 radical (unpaired) electrons. The molecule has 1 aliphatic heterocycles. The van der Waals surface area contributed by atoms with Crippen LogP contribution in [0.15, 0.2) is 0 Å². The summed E-state index contributed by atoms with van der Waals surface area (Å²) in [5.41, 5.74) is 0. The first-order valence-corrected chi connectivity index (χ1v) is 35.4. The molecule has 9 unspecified atom stereocenters. The van der Waals surface area contributed by atoms with E-state index in [1.165, 1.54) is 289 Å². The number of carbonyl (C=O) groups is 1. The molecule has 0 bridgehead atoms. The van der Waals surface area contributed by atoms with E-state index in [2.05, 4.69) is 19.2 Å². The van der Waals surface area contributed by atoms with E-state index in [9.17, 15) is 40.5 Å². The molecule has 0 aromatic rings. The summed E-state index contributed by atoms with van der Waals surface area (Å²) in [7, 11) is 0. The van der Waals surface area contributed by atoms with Crippen molar-refractivity contribution in [3.05, 3.63) is 0 Å². The number of carbonyl (C=O) groups excluding carboxylic acids is 1. The van der Waals surface area contributed by atoms with E-state index >= 15 is 0 Å². The van der Waals surface area contributed by atoms with Crippen LogP contribution in [0.1, 0.15) is 367 Å². The van der Waals surface area contributed by atoms with Crippen molar-refractivity contribution >= 4 is 5.91 Å². The molecule has 0 aromatic heterocycles. The lowest BCUT2D eigenvalue weighted by atomic mass is 9.98. The third kappa shape index (κ3) is 45.5. The standard InChI is InChI=1S/C69H137NO10/c1-3-5-7-9-11-13-15-17-19-21-23-25-27-29-30-31-32-33-35-37-39-41-43-45-47-49-51-53-55-57-62(73)68(78)70-60(59-79-69-67(77)66(76)65(75)63(58-71)80-69)64(74)61(72)56-54-52-50-48-46-44-42-40-38-36-34-28-26-24-22-20-18-16-14-12-10-8-6-4-2/h60-67,69,71-77H,3-59H2,1-2H3,(H,70,78). The van der Waals surface area contributed by atoms with E-state index < -0.39 is 74.2 Å². The Balaban J connectivity index is 2.18. The zero-order chi connectivity index (χ0) is 58.2. The lowest BCUT2D eigenvalue weighted by Crippen LogP contribution is -2.60. The molecule has 11 heteroatoms. The maximum Gasteiger partial charge on any atom is 0.249 e. The second-order valence-electron chi connectivity index (χ2n) is 25.3. The van der Waals surface area contributed by atoms with E-state index in [0.29, 0.717) is 19.3 Å². The molecule has 8 N–H and O–H groups in total. The van der Waals surface area contributed by atoms with Crippen molar-refractivity contribution in [3.8, 4) is 0 Å². The maximum atomic E-state index is 13.3. The molecule has 1 saturated heterocycles. The Morgan fingerprint density at radius 2 is 0.650 bits per heavy atom. The van der Waals surface area contributed by atoms with Crippen LogP contribution in [0, 0.1) is 0 Å². The minimum Gasteiger partial charge on any atom is -0.394 e. The van der Waals surface area contributed by atoms with Crippen molar-refractivity contribution in [2.75, 3.05) is 13.2 Å². The number of hydrogen-bond acceptors (Lipinski definition) is 10. The zero-order valence-corrected chi connectivity index (χ0v) is 52.9. The summed E-state index contributed by atoms with van der Waals surface area (Å²) in [5, 5.41) is 76.6. The van der Waals surface area contributed by atoms with Gasteiger partial charge in [-0.3, -0.25) is 4.79 Å².